The van der Waals surface area contributed by atoms with Crippen molar-refractivity contribution in [2.75, 3.05) is 0 Å². The van der Waals surface area contributed by atoms with E-state index in [9.17, 15) is 0 Å². The summed E-state index contributed by atoms with van der Waals surface area (Å²) in [6, 6.07) is 18.2. The molecular formula is C15H11ClN2Se. The molecule has 0 unspecified atom stereocenters. The second kappa shape index (κ2) is 5.62. The van der Waals surface area contributed by atoms with Crippen molar-refractivity contribution < 1.29 is 0 Å². The summed E-state index contributed by atoms with van der Waals surface area (Å²) in [7, 11) is 0. The third-order valence-electron chi connectivity index (χ3n) is 2.66. The first-order valence-electron chi connectivity index (χ1n) is 5.85. The monoisotopic (exact) mass is 334 g/mol. The molecule has 0 aliphatic rings. The number of aromatic nitrogens is 2. The summed E-state index contributed by atoms with van der Waals surface area (Å²) < 4.78 is 3.47. The summed E-state index contributed by atoms with van der Waals surface area (Å²) in [5.74, 6) is 1.01. The summed E-state index contributed by atoms with van der Waals surface area (Å²) >= 11 is 6.08. The van der Waals surface area contributed by atoms with E-state index in [2.05, 4.69) is 32.8 Å². The number of halogens is 1. The predicted octanol–water partition coefficient (Wildman–Crippen LogP) is 3.00. The van der Waals surface area contributed by atoms with E-state index in [-0.39, 0.29) is 15.2 Å². The first-order valence-corrected chi connectivity index (χ1v) is 7.86. The molecule has 4 heteroatoms. The third kappa shape index (κ3) is 2.90. The molecule has 0 aliphatic heterocycles. The van der Waals surface area contributed by atoms with Gasteiger partial charge in [-0.2, -0.15) is 0 Å². The van der Waals surface area contributed by atoms with Gasteiger partial charge in [-0.1, -0.05) is 0 Å². The van der Waals surface area contributed by atoms with E-state index in [1.165, 1.54) is 4.46 Å². The molecule has 19 heavy (non-hydrogen) atoms. The standard InChI is InChI=1S/C15H11ClN2Se/c16-13-6-8-14(9-7-13)19-18-11-10-17-15(18)12-4-2-1-3-5-12/h1-11H. The van der Waals surface area contributed by atoms with Crippen LogP contribution in [-0.2, 0) is 0 Å². The molecule has 3 rings (SSSR count). The third-order valence-corrected chi connectivity index (χ3v) is 4.95. The van der Waals surface area contributed by atoms with Gasteiger partial charge in [0, 0.05) is 0 Å². The van der Waals surface area contributed by atoms with Gasteiger partial charge in [-0.3, -0.25) is 0 Å². The van der Waals surface area contributed by atoms with Crippen molar-refractivity contribution in [3.63, 3.8) is 0 Å². The van der Waals surface area contributed by atoms with Crippen LogP contribution in [0.5, 0.6) is 0 Å². The summed E-state index contributed by atoms with van der Waals surface area (Å²) in [5, 5.41) is 0.772. The van der Waals surface area contributed by atoms with E-state index in [1.54, 1.807) is 0 Å². The van der Waals surface area contributed by atoms with Crippen LogP contribution >= 0.6 is 11.6 Å². The number of hydrogen-bond acceptors (Lipinski definition) is 1. The Balaban J connectivity index is 1.91. The van der Waals surface area contributed by atoms with Crippen LogP contribution < -0.4 is 4.46 Å². The van der Waals surface area contributed by atoms with Gasteiger partial charge in [-0.25, -0.2) is 0 Å². The van der Waals surface area contributed by atoms with Gasteiger partial charge < -0.3 is 0 Å². The van der Waals surface area contributed by atoms with E-state index in [0.717, 1.165) is 16.4 Å². The molecule has 2 nitrogen and oxygen atoms in total. The van der Waals surface area contributed by atoms with Crippen LogP contribution in [0.3, 0.4) is 0 Å². The quantitative estimate of drug-likeness (QED) is 0.674. The van der Waals surface area contributed by atoms with Gasteiger partial charge in [0.2, 0.25) is 0 Å². The molecule has 1 aromatic heterocycles. The molecule has 0 aliphatic carbocycles. The van der Waals surface area contributed by atoms with Crippen LogP contribution in [0.15, 0.2) is 67.0 Å². The molecule has 0 saturated heterocycles. The van der Waals surface area contributed by atoms with Crippen molar-refractivity contribution in [3.8, 4) is 11.4 Å². The average molecular weight is 334 g/mol. The van der Waals surface area contributed by atoms with Crippen LogP contribution in [0.2, 0.25) is 5.02 Å². The zero-order valence-electron chi connectivity index (χ0n) is 10.0. The van der Waals surface area contributed by atoms with Gasteiger partial charge in [0.15, 0.2) is 0 Å². The van der Waals surface area contributed by atoms with Crippen LogP contribution in [0, 0.1) is 0 Å². The number of benzene rings is 2. The van der Waals surface area contributed by atoms with Crippen molar-refractivity contribution in [2.45, 2.75) is 0 Å². The molecule has 0 bridgehead atoms. The van der Waals surface area contributed by atoms with Crippen molar-refractivity contribution in [2.24, 2.45) is 0 Å². The van der Waals surface area contributed by atoms with Gasteiger partial charge in [0.05, 0.1) is 0 Å². The molecule has 0 amide bonds. The molecule has 3 aromatic rings. The van der Waals surface area contributed by atoms with Crippen LogP contribution in [0.1, 0.15) is 0 Å². The Morgan fingerprint density at radius 3 is 2.42 bits per heavy atom. The fourth-order valence-corrected chi connectivity index (χ4v) is 3.65. The first kappa shape index (κ1) is 12.5. The zero-order valence-corrected chi connectivity index (χ0v) is 12.5. The summed E-state index contributed by atoms with van der Waals surface area (Å²) in [5.41, 5.74) is 1.14. The zero-order chi connectivity index (χ0) is 13.1. The second-order valence-electron chi connectivity index (χ2n) is 3.99. The van der Waals surface area contributed by atoms with E-state index < -0.39 is 0 Å². The number of hydrogen-bond donors (Lipinski definition) is 0. The minimum atomic E-state index is 0.173. The SMILES string of the molecule is Clc1ccc([Se]n2ccnc2-c2ccccc2)cc1. The number of imidazole rings is 1. The van der Waals surface area contributed by atoms with E-state index in [1.807, 2.05) is 42.7 Å². The van der Waals surface area contributed by atoms with Crippen molar-refractivity contribution >= 4 is 31.2 Å². The number of nitrogens with zero attached hydrogens (tertiary/aromatic N) is 2. The van der Waals surface area contributed by atoms with Gasteiger partial charge in [-0.15, -0.1) is 0 Å². The molecule has 0 radical (unpaired) electrons. The average Bonchev–Trinajstić information content (AvgIpc) is 2.90. The first-order chi connectivity index (χ1) is 9.33. The Labute approximate surface area is 123 Å². The normalized spacial score (nSPS) is 10.6. The molecule has 0 N–H and O–H groups in total. The number of rotatable bonds is 3. The van der Waals surface area contributed by atoms with Gasteiger partial charge >= 0.3 is 123 Å². The van der Waals surface area contributed by atoms with Crippen molar-refractivity contribution in [1.29, 1.82) is 0 Å². The summed E-state index contributed by atoms with van der Waals surface area (Å²) in [6.45, 7) is 0. The summed E-state index contributed by atoms with van der Waals surface area (Å²) in [6.07, 6.45) is 3.87. The van der Waals surface area contributed by atoms with E-state index >= 15 is 0 Å². The van der Waals surface area contributed by atoms with Gasteiger partial charge in [0.25, 0.3) is 0 Å². The second-order valence-corrected chi connectivity index (χ2v) is 6.62. The molecule has 0 spiro atoms. The molecular weight excluding hydrogens is 323 g/mol. The Morgan fingerprint density at radius 1 is 0.947 bits per heavy atom. The van der Waals surface area contributed by atoms with Gasteiger partial charge in [0.1, 0.15) is 0 Å². The molecule has 1 heterocycles. The molecule has 0 saturated carbocycles. The Hall–Kier alpha value is -1.54. The van der Waals surface area contributed by atoms with Crippen molar-refractivity contribution in [3.05, 3.63) is 72.0 Å². The van der Waals surface area contributed by atoms with Gasteiger partial charge in [-0.05, 0) is 0 Å². The molecule has 0 atom stereocenters. The van der Waals surface area contributed by atoms with Crippen LogP contribution in [0.25, 0.3) is 11.4 Å². The molecule has 94 valence electrons. The Bertz CT molecular complexity index is 662. The fraction of sp³-hybridized carbons (Fsp3) is 0. The van der Waals surface area contributed by atoms with Crippen molar-refractivity contribution in [1.82, 2.24) is 8.57 Å². The maximum absolute atomic E-state index is 5.91. The minimum absolute atomic E-state index is 0.173. The molecule has 2 aromatic carbocycles. The Kier molecular flexibility index (Phi) is 3.69. The molecule has 0 fully saturated rings. The van der Waals surface area contributed by atoms with Crippen LogP contribution in [0.4, 0.5) is 0 Å². The van der Waals surface area contributed by atoms with E-state index in [4.69, 9.17) is 11.6 Å². The predicted molar refractivity (Wildman–Crippen MR) is 79.9 cm³/mol. The Morgan fingerprint density at radius 2 is 1.68 bits per heavy atom. The maximum atomic E-state index is 5.91. The van der Waals surface area contributed by atoms with E-state index in [0.29, 0.717) is 0 Å². The topological polar surface area (TPSA) is 17.8 Å². The summed E-state index contributed by atoms with van der Waals surface area (Å²) in [4.78, 5) is 4.45. The van der Waals surface area contributed by atoms with Crippen LogP contribution in [-0.4, -0.2) is 23.7 Å². The fourth-order valence-electron chi connectivity index (χ4n) is 1.76.